The van der Waals surface area contributed by atoms with Crippen LogP contribution in [0.1, 0.15) is 27.8 Å². The van der Waals surface area contributed by atoms with Gasteiger partial charge in [0, 0.05) is 11.6 Å². The highest BCUT2D eigenvalue weighted by atomic mass is 14.7. The standard InChI is InChI=1S/C19H16N2/c1-13-7-8-19-18(9-13)17(16(11-20)12-21-19)10-15-6-4-3-5-14(15)2/h3-9,12H,10H2,1-2H3. The van der Waals surface area contributed by atoms with E-state index in [4.69, 9.17) is 0 Å². The minimum absolute atomic E-state index is 0.663. The van der Waals surface area contributed by atoms with Gasteiger partial charge in [-0.2, -0.15) is 5.26 Å². The zero-order valence-corrected chi connectivity index (χ0v) is 12.2. The van der Waals surface area contributed by atoms with Crippen molar-refractivity contribution in [2.45, 2.75) is 20.3 Å². The van der Waals surface area contributed by atoms with Crippen molar-refractivity contribution in [1.82, 2.24) is 4.98 Å². The van der Waals surface area contributed by atoms with Crippen LogP contribution in [-0.4, -0.2) is 4.98 Å². The minimum atomic E-state index is 0.663. The molecule has 3 aromatic rings. The third-order valence-corrected chi connectivity index (χ3v) is 3.88. The van der Waals surface area contributed by atoms with Gasteiger partial charge >= 0.3 is 0 Å². The molecule has 0 saturated carbocycles. The van der Waals surface area contributed by atoms with E-state index < -0.39 is 0 Å². The van der Waals surface area contributed by atoms with Crippen molar-refractivity contribution < 1.29 is 0 Å². The zero-order chi connectivity index (χ0) is 14.8. The van der Waals surface area contributed by atoms with Crippen LogP contribution in [0.25, 0.3) is 10.9 Å². The summed E-state index contributed by atoms with van der Waals surface area (Å²) in [4.78, 5) is 4.40. The number of hydrogen-bond acceptors (Lipinski definition) is 2. The van der Waals surface area contributed by atoms with Crippen LogP contribution in [0, 0.1) is 25.2 Å². The van der Waals surface area contributed by atoms with Gasteiger partial charge in [-0.15, -0.1) is 0 Å². The van der Waals surface area contributed by atoms with E-state index in [0.29, 0.717) is 5.56 Å². The number of benzene rings is 2. The molecular weight excluding hydrogens is 256 g/mol. The third-order valence-electron chi connectivity index (χ3n) is 3.88. The van der Waals surface area contributed by atoms with Crippen molar-refractivity contribution in [2.24, 2.45) is 0 Å². The van der Waals surface area contributed by atoms with Gasteiger partial charge in [-0.1, -0.05) is 35.9 Å². The molecule has 0 radical (unpaired) electrons. The Morgan fingerprint density at radius 3 is 2.67 bits per heavy atom. The van der Waals surface area contributed by atoms with E-state index in [1.807, 2.05) is 18.2 Å². The molecule has 0 amide bonds. The summed E-state index contributed by atoms with van der Waals surface area (Å²) in [6.45, 7) is 4.17. The highest BCUT2D eigenvalue weighted by molar-refractivity contribution is 5.85. The monoisotopic (exact) mass is 272 g/mol. The molecule has 1 aromatic heterocycles. The second-order valence-electron chi connectivity index (χ2n) is 5.39. The average molecular weight is 272 g/mol. The number of pyridine rings is 1. The first-order chi connectivity index (χ1) is 10.2. The number of aromatic nitrogens is 1. The van der Waals surface area contributed by atoms with Crippen molar-refractivity contribution in [2.75, 3.05) is 0 Å². The molecule has 0 aliphatic rings. The van der Waals surface area contributed by atoms with Gasteiger partial charge in [-0.05, 0) is 49.1 Å². The lowest BCUT2D eigenvalue weighted by atomic mass is 9.94. The van der Waals surface area contributed by atoms with Crippen LogP contribution < -0.4 is 0 Å². The molecule has 0 bridgehead atoms. The lowest BCUT2D eigenvalue weighted by molar-refractivity contribution is 1.15. The molecule has 0 saturated heterocycles. The Morgan fingerprint density at radius 1 is 1.10 bits per heavy atom. The molecule has 2 nitrogen and oxygen atoms in total. The maximum atomic E-state index is 9.40. The summed E-state index contributed by atoms with van der Waals surface area (Å²) >= 11 is 0. The first-order valence-electron chi connectivity index (χ1n) is 7.02. The normalized spacial score (nSPS) is 10.5. The zero-order valence-electron chi connectivity index (χ0n) is 12.2. The molecule has 102 valence electrons. The molecule has 0 fully saturated rings. The van der Waals surface area contributed by atoms with E-state index >= 15 is 0 Å². The third kappa shape index (κ3) is 2.51. The Bertz CT molecular complexity index is 857. The summed E-state index contributed by atoms with van der Waals surface area (Å²) in [5.74, 6) is 0. The molecule has 0 unspecified atom stereocenters. The molecule has 0 spiro atoms. The summed E-state index contributed by atoms with van der Waals surface area (Å²) < 4.78 is 0. The molecule has 21 heavy (non-hydrogen) atoms. The topological polar surface area (TPSA) is 36.7 Å². The summed E-state index contributed by atoms with van der Waals surface area (Å²) in [5, 5.41) is 10.5. The maximum Gasteiger partial charge on any atom is 0.101 e. The van der Waals surface area contributed by atoms with E-state index in [-0.39, 0.29) is 0 Å². The first kappa shape index (κ1) is 13.3. The predicted octanol–water partition coefficient (Wildman–Crippen LogP) is 4.31. The second kappa shape index (κ2) is 5.38. The van der Waals surface area contributed by atoms with Gasteiger partial charge in [0.15, 0.2) is 0 Å². The van der Waals surface area contributed by atoms with Crippen LogP contribution in [-0.2, 0) is 6.42 Å². The molecular formula is C19H16N2. The van der Waals surface area contributed by atoms with E-state index in [9.17, 15) is 5.26 Å². The highest BCUT2D eigenvalue weighted by Gasteiger charge is 2.11. The number of hydrogen-bond donors (Lipinski definition) is 0. The highest BCUT2D eigenvalue weighted by Crippen LogP contribution is 2.25. The molecule has 0 atom stereocenters. The average Bonchev–Trinajstić information content (AvgIpc) is 2.50. The fourth-order valence-corrected chi connectivity index (χ4v) is 2.65. The Balaban J connectivity index is 2.22. The Hall–Kier alpha value is -2.66. The molecule has 0 aliphatic heterocycles. The number of aryl methyl sites for hydroxylation is 2. The fraction of sp³-hybridized carbons (Fsp3) is 0.158. The first-order valence-corrected chi connectivity index (χ1v) is 7.02. The van der Waals surface area contributed by atoms with Gasteiger partial charge in [0.05, 0.1) is 11.1 Å². The van der Waals surface area contributed by atoms with Crippen LogP contribution in [0.2, 0.25) is 0 Å². The van der Waals surface area contributed by atoms with Gasteiger partial charge in [0.1, 0.15) is 6.07 Å². The summed E-state index contributed by atoms with van der Waals surface area (Å²) in [7, 11) is 0. The SMILES string of the molecule is Cc1ccc2ncc(C#N)c(Cc3ccccc3C)c2c1. The number of nitrogens with zero attached hydrogens (tertiary/aromatic N) is 2. The van der Waals surface area contributed by atoms with E-state index in [1.54, 1.807) is 6.20 Å². The van der Waals surface area contributed by atoms with Crippen molar-refractivity contribution in [3.8, 4) is 6.07 Å². The molecule has 1 heterocycles. The van der Waals surface area contributed by atoms with E-state index in [2.05, 4.69) is 49.2 Å². The van der Waals surface area contributed by atoms with Gasteiger partial charge < -0.3 is 0 Å². The van der Waals surface area contributed by atoms with Crippen molar-refractivity contribution in [3.63, 3.8) is 0 Å². The maximum absolute atomic E-state index is 9.40. The largest absolute Gasteiger partial charge is 0.255 e. The predicted molar refractivity (Wildman–Crippen MR) is 85.2 cm³/mol. The summed E-state index contributed by atoms with van der Waals surface area (Å²) in [5.41, 5.74) is 6.37. The van der Waals surface area contributed by atoms with Crippen LogP contribution >= 0.6 is 0 Å². The Kier molecular flexibility index (Phi) is 3.41. The van der Waals surface area contributed by atoms with Gasteiger partial charge in [0.25, 0.3) is 0 Å². The van der Waals surface area contributed by atoms with Gasteiger partial charge in [0.2, 0.25) is 0 Å². The number of rotatable bonds is 2. The quantitative estimate of drug-likeness (QED) is 0.697. The molecule has 2 aromatic carbocycles. The van der Waals surface area contributed by atoms with Crippen molar-refractivity contribution in [1.29, 1.82) is 5.26 Å². The lowest BCUT2D eigenvalue weighted by Gasteiger charge is -2.11. The van der Waals surface area contributed by atoms with Gasteiger partial charge in [-0.3, -0.25) is 4.98 Å². The second-order valence-corrected chi connectivity index (χ2v) is 5.39. The lowest BCUT2D eigenvalue weighted by Crippen LogP contribution is -1.98. The van der Waals surface area contributed by atoms with E-state index in [0.717, 1.165) is 22.9 Å². The smallest absolute Gasteiger partial charge is 0.101 e. The Morgan fingerprint density at radius 2 is 1.90 bits per heavy atom. The Labute approximate surface area is 124 Å². The van der Waals surface area contributed by atoms with Gasteiger partial charge in [-0.25, -0.2) is 0 Å². The molecule has 0 aliphatic carbocycles. The van der Waals surface area contributed by atoms with Crippen LogP contribution in [0.4, 0.5) is 0 Å². The fourth-order valence-electron chi connectivity index (χ4n) is 2.65. The number of fused-ring (bicyclic) bond motifs is 1. The summed E-state index contributed by atoms with van der Waals surface area (Å²) in [6.07, 6.45) is 2.45. The molecule has 2 heteroatoms. The number of nitriles is 1. The van der Waals surface area contributed by atoms with E-state index in [1.165, 1.54) is 16.7 Å². The molecule has 0 N–H and O–H groups in total. The summed E-state index contributed by atoms with van der Waals surface area (Å²) in [6, 6.07) is 16.8. The van der Waals surface area contributed by atoms with Crippen molar-refractivity contribution >= 4 is 10.9 Å². The van der Waals surface area contributed by atoms with Crippen LogP contribution in [0.15, 0.2) is 48.7 Å². The van der Waals surface area contributed by atoms with Crippen LogP contribution in [0.3, 0.4) is 0 Å². The minimum Gasteiger partial charge on any atom is -0.255 e. The van der Waals surface area contributed by atoms with Crippen molar-refractivity contribution in [3.05, 3.63) is 76.5 Å². The molecule has 3 rings (SSSR count). The van der Waals surface area contributed by atoms with Crippen LogP contribution in [0.5, 0.6) is 0 Å².